The van der Waals surface area contributed by atoms with Crippen LogP contribution >= 0.6 is 0 Å². The van der Waals surface area contributed by atoms with E-state index in [0.29, 0.717) is 4.90 Å². The maximum Gasteiger partial charge on any atom is 0.408 e. The highest BCUT2D eigenvalue weighted by Gasteiger charge is 2.59. The first kappa shape index (κ1) is 18.4. The first-order valence-electron chi connectivity index (χ1n) is 6.41. The Bertz CT molecular complexity index is 559. The molecule has 1 amide bonds. The predicted octanol–water partition coefficient (Wildman–Crippen LogP) is -0.277. The van der Waals surface area contributed by atoms with Crippen LogP contribution in [0.1, 0.15) is 12.8 Å². The lowest BCUT2D eigenvalue weighted by atomic mass is 9.73. The third-order valence-electron chi connectivity index (χ3n) is 3.73. The summed E-state index contributed by atoms with van der Waals surface area (Å²) in [5.41, 5.74) is -1.41. The second-order valence-corrected chi connectivity index (χ2v) is 6.76. The van der Waals surface area contributed by atoms with Crippen molar-refractivity contribution in [3.05, 3.63) is 12.7 Å². The van der Waals surface area contributed by atoms with E-state index in [1.165, 1.54) is 6.08 Å². The zero-order valence-corrected chi connectivity index (χ0v) is 12.8. The van der Waals surface area contributed by atoms with Crippen LogP contribution in [-0.4, -0.2) is 72.3 Å². The van der Waals surface area contributed by atoms with E-state index in [0.717, 1.165) is 6.26 Å². The molecule has 1 fully saturated rings. The molecule has 1 rings (SSSR count). The molecular formula is C12H19NO8S. The standard InChI is InChI=1S/C12H19NO8S/c1-3-4-12(5-6-14)8(21-22(2,19)20)7-13(11(17)18)9(12)10(15)16/h3,8-9,14H,1,4-7H2,2H3,(H,15,16)(H,17,18)/t8-,9-,12+/m1/s1. The van der Waals surface area contributed by atoms with Crippen molar-refractivity contribution in [3.8, 4) is 0 Å². The fourth-order valence-electron chi connectivity index (χ4n) is 2.98. The van der Waals surface area contributed by atoms with E-state index in [4.69, 9.17) is 4.18 Å². The van der Waals surface area contributed by atoms with E-state index in [-0.39, 0.29) is 12.8 Å². The Kier molecular flexibility index (Phi) is 5.54. The van der Waals surface area contributed by atoms with Gasteiger partial charge in [-0.05, 0) is 12.8 Å². The van der Waals surface area contributed by atoms with Crippen molar-refractivity contribution in [1.82, 2.24) is 4.90 Å². The van der Waals surface area contributed by atoms with Gasteiger partial charge in [-0.15, -0.1) is 6.58 Å². The molecule has 0 aromatic carbocycles. The molecule has 0 bridgehead atoms. The van der Waals surface area contributed by atoms with E-state index in [9.17, 15) is 33.3 Å². The number of hydrogen-bond acceptors (Lipinski definition) is 6. The third-order valence-corrected chi connectivity index (χ3v) is 4.31. The molecule has 3 atom stereocenters. The van der Waals surface area contributed by atoms with Gasteiger partial charge in [0.25, 0.3) is 10.1 Å². The largest absolute Gasteiger partial charge is 0.480 e. The number of allylic oxidation sites excluding steroid dienone is 1. The number of amides is 1. The molecule has 9 nitrogen and oxygen atoms in total. The summed E-state index contributed by atoms with van der Waals surface area (Å²) >= 11 is 0. The molecular weight excluding hydrogens is 318 g/mol. The Hall–Kier alpha value is -1.65. The summed E-state index contributed by atoms with van der Waals surface area (Å²) in [7, 11) is -3.94. The molecule has 0 unspecified atom stereocenters. The second-order valence-electron chi connectivity index (χ2n) is 5.16. The van der Waals surface area contributed by atoms with Crippen molar-refractivity contribution >= 4 is 22.2 Å². The minimum absolute atomic E-state index is 0.0194. The highest BCUT2D eigenvalue weighted by molar-refractivity contribution is 7.86. The number of hydrogen-bond donors (Lipinski definition) is 3. The van der Waals surface area contributed by atoms with Gasteiger partial charge in [0.05, 0.1) is 12.8 Å². The van der Waals surface area contributed by atoms with Crippen LogP contribution in [0.25, 0.3) is 0 Å². The van der Waals surface area contributed by atoms with Crippen LogP contribution in [-0.2, 0) is 19.1 Å². The third kappa shape index (κ3) is 3.57. The molecule has 1 saturated heterocycles. The van der Waals surface area contributed by atoms with Crippen molar-refractivity contribution in [2.24, 2.45) is 5.41 Å². The van der Waals surface area contributed by atoms with Crippen LogP contribution in [0.15, 0.2) is 12.7 Å². The average Bonchev–Trinajstić information content (AvgIpc) is 2.63. The van der Waals surface area contributed by atoms with Gasteiger partial charge >= 0.3 is 12.1 Å². The minimum Gasteiger partial charge on any atom is -0.480 e. The molecule has 22 heavy (non-hydrogen) atoms. The number of carbonyl (C=O) groups is 2. The van der Waals surface area contributed by atoms with Gasteiger partial charge in [-0.2, -0.15) is 8.42 Å². The Labute approximate surface area is 127 Å². The van der Waals surface area contributed by atoms with Crippen LogP contribution in [0, 0.1) is 5.41 Å². The van der Waals surface area contributed by atoms with E-state index >= 15 is 0 Å². The van der Waals surface area contributed by atoms with Crippen LogP contribution in [0.4, 0.5) is 4.79 Å². The molecule has 1 aliphatic heterocycles. The summed E-state index contributed by atoms with van der Waals surface area (Å²) in [6.45, 7) is 2.63. The number of aliphatic carboxylic acids is 1. The van der Waals surface area contributed by atoms with E-state index in [2.05, 4.69) is 6.58 Å². The topological polar surface area (TPSA) is 141 Å². The number of carboxylic acid groups (broad SMARTS) is 2. The van der Waals surface area contributed by atoms with Gasteiger partial charge in [0, 0.05) is 12.0 Å². The maximum absolute atomic E-state index is 11.6. The Balaban J connectivity index is 3.42. The van der Waals surface area contributed by atoms with Gasteiger partial charge in [0.1, 0.15) is 12.1 Å². The summed E-state index contributed by atoms with van der Waals surface area (Å²) in [4.78, 5) is 23.5. The molecule has 0 saturated carbocycles. The zero-order valence-electron chi connectivity index (χ0n) is 12.0. The first-order valence-corrected chi connectivity index (χ1v) is 8.23. The maximum atomic E-state index is 11.6. The molecule has 0 radical (unpaired) electrons. The molecule has 10 heteroatoms. The van der Waals surface area contributed by atoms with Gasteiger partial charge in [-0.3, -0.25) is 9.08 Å². The molecule has 0 spiro atoms. The fourth-order valence-corrected chi connectivity index (χ4v) is 3.65. The number of likely N-dealkylation sites (tertiary alicyclic amines) is 1. The summed E-state index contributed by atoms with van der Waals surface area (Å²) in [6, 6.07) is -1.54. The summed E-state index contributed by atoms with van der Waals surface area (Å²) < 4.78 is 27.8. The molecule has 1 heterocycles. The van der Waals surface area contributed by atoms with Gasteiger partial charge in [-0.1, -0.05) is 6.08 Å². The van der Waals surface area contributed by atoms with Crippen molar-refractivity contribution < 1.29 is 37.5 Å². The SMILES string of the molecule is C=CC[C@]1(CCO)[C@H](OS(C)(=O)=O)CN(C(=O)O)[C@@H]1C(=O)O. The van der Waals surface area contributed by atoms with E-state index in [1.807, 2.05) is 0 Å². The van der Waals surface area contributed by atoms with Crippen LogP contribution in [0.5, 0.6) is 0 Å². The highest BCUT2D eigenvalue weighted by atomic mass is 32.2. The molecule has 3 N–H and O–H groups in total. The second kappa shape index (κ2) is 6.63. The quantitative estimate of drug-likeness (QED) is 0.425. The lowest BCUT2D eigenvalue weighted by molar-refractivity contribution is -0.146. The normalized spacial score (nSPS) is 28.5. The smallest absolute Gasteiger partial charge is 0.408 e. The van der Waals surface area contributed by atoms with Gasteiger partial charge in [0.2, 0.25) is 0 Å². The molecule has 0 aliphatic carbocycles. The Morgan fingerprint density at radius 3 is 2.41 bits per heavy atom. The molecule has 0 aromatic rings. The molecule has 1 aliphatic rings. The minimum atomic E-state index is -3.94. The first-order chi connectivity index (χ1) is 10.1. The Morgan fingerprint density at radius 1 is 1.45 bits per heavy atom. The molecule has 0 aromatic heterocycles. The monoisotopic (exact) mass is 337 g/mol. The van der Waals surface area contributed by atoms with Crippen molar-refractivity contribution in [1.29, 1.82) is 0 Å². The summed E-state index contributed by atoms with van der Waals surface area (Å²) in [5, 5.41) is 27.9. The van der Waals surface area contributed by atoms with Crippen LogP contribution < -0.4 is 0 Å². The Morgan fingerprint density at radius 2 is 2.05 bits per heavy atom. The van der Waals surface area contributed by atoms with Crippen LogP contribution in [0.3, 0.4) is 0 Å². The lowest BCUT2D eigenvalue weighted by Gasteiger charge is -2.36. The van der Waals surface area contributed by atoms with Gasteiger partial charge < -0.3 is 15.3 Å². The van der Waals surface area contributed by atoms with Gasteiger partial charge in [0.15, 0.2) is 0 Å². The number of nitrogens with zero attached hydrogens (tertiary/aromatic N) is 1. The van der Waals surface area contributed by atoms with Crippen molar-refractivity contribution in [2.75, 3.05) is 19.4 Å². The fraction of sp³-hybridized carbons (Fsp3) is 0.667. The number of aliphatic hydroxyl groups excluding tert-OH is 1. The molecule has 126 valence electrons. The number of carboxylic acids is 1. The van der Waals surface area contributed by atoms with E-state index < -0.39 is 52.9 Å². The van der Waals surface area contributed by atoms with Gasteiger partial charge in [-0.25, -0.2) is 9.59 Å². The van der Waals surface area contributed by atoms with Crippen molar-refractivity contribution in [3.63, 3.8) is 0 Å². The summed E-state index contributed by atoms with van der Waals surface area (Å²) in [6.07, 6.45) is -0.725. The van der Waals surface area contributed by atoms with Crippen molar-refractivity contribution in [2.45, 2.75) is 25.0 Å². The highest BCUT2D eigenvalue weighted by Crippen LogP contribution is 2.45. The van der Waals surface area contributed by atoms with E-state index in [1.54, 1.807) is 0 Å². The lowest BCUT2D eigenvalue weighted by Crippen LogP contribution is -2.50. The summed E-state index contributed by atoms with van der Waals surface area (Å²) in [5.74, 6) is -1.43. The zero-order chi connectivity index (χ0) is 17.1. The number of aliphatic hydroxyl groups is 1. The predicted molar refractivity (Wildman–Crippen MR) is 74.8 cm³/mol. The van der Waals surface area contributed by atoms with Crippen LogP contribution in [0.2, 0.25) is 0 Å². The average molecular weight is 337 g/mol. The number of rotatable bonds is 7.